The van der Waals surface area contributed by atoms with Gasteiger partial charge in [-0.2, -0.15) is 0 Å². The predicted octanol–water partition coefficient (Wildman–Crippen LogP) is 6.00. The Kier molecular flexibility index (Phi) is 8.54. The second-order valence-corrected chi connectivity index (χ2v) is 12.2. The number of phenols is 2. The smallest absolute Gasteiger partial charge is 0.341 e. The minimum atomic E-state index is -1.11. The molecule has 1 aliphatic rings. The van der Waals surface area contributed by atoms with E-state index in [1.165, 1.54) is 0 Å². The lowest BCUT2D eigenvalue weighted by Crippen LogP contribution is -2.16. The quantitative estimate of drug-likeness (QED) is 0.188. The Hall–Kier alpha value is -4.98. The van der Waals surface area contributed by atoms with Gasteiger partial charge in [0.15, 0.2) is 13.2 Å². The maximum atomic E-state index is 11.8. The van der Waals surface area contributed by atoms with Gasteiger partial charge in [0.05, 0.1) is 0 Å². The van der Waals surface area contributed by atoms with E-state index in [-0.39, 0.29) is 42.6 Å². The highest BCUT2D eigenvalue weighted by molar-refractivity contribution is 5.69. The van der Waals surface area contributed by atoms with Crippen molar-refractivity contribution in [1.29, 1.82) is 0 Å². The fourth-order valence-electron chi connectivity index (χ4n) is 5.92. The third-order valence-corrected chi connectivity index (χ3v) is 7.92. The standard InChI is InChI=1S/C36H36O8/c1-36(2,3)29-14-13-23-17-26-10-5-9-24(34(26)43-19-30(37)38)15-21-7-4-8-22(32(21)41)16-25-11-6-12-27(18-28(29)33(23)42)35(25)44-20-31(39)40/h4-14,41-42H,15-20H2,1-3H3,(H,37,38)(H,39,40). The Bertz CT molecular complexity index is 1730. The van der Waals surface area contributed by atoms with Gasteiger partial charge in [0, 0.05) is 31.2 Å². The van der Waals surface area contributed by atoms with Crippen molar-refractivity contribution < 1.29 is 39.5 Å². The molecule has 0 aromatic heterocycles. The van der Waals surface area contributed by atoms with Crippen LogP contribution in [0.5, 0.6) is 23.0 Å². The molecule has 5 rings (SSSR count). The van der Waals surface area contributed by atoms with Crippen molar-refractivity contribution in [2.24, 2.45) is 0 Å². The summed E-state index contributed by atoms with van der Waals surface area (Å²) >= 11 is 0. The van der Waals surface area contributed by atoms with Crippen LogP contribution >= 0.6 is 0 Å². The molecule has 4 aromatic rings. The molecular formula is C36H36O8. The molecular weight excluding hydrogens is 560 g/mol. The number of hydrogen-bond acceptors (Lipinski definition) is 6. The van der Waals surface area contributed by atoms with Crippen molar-refractivity contribution in [3.05, 3.63) is 117 Å². The Morgan fingerprint density at radius 3 is 1.39 bits per heavy atom. The van der Waals surface area contributed by atoms with Gasteiger partial charge in [-0.15, -0.1) is 0 Å². The van der Waals surface area contributed by atoms with E-state index in [1.807, 2.05) is 54.6 Å². The number of ether oxygens (including phenoxy) is 2. The van der Waals surface area contributed by atoms with Crippen molar-refractivity contribution in [3.8, 4) is 23.0 Å². The van der Waals surface area contributed by atoms with Gasteiger partial charge in [0.25, 0.3) is 0 Å². The summed E-state index contributed by atoms with van der Waals surface area (Å²) in [7, 11) is 0. The number of aromatic hydroxyl groups is 2. The van der Waals surface area contributed by atoms with E-state index in [0.29, 0.717) is 56.0 Å². The lowest BCUT2D eigenvalue weighted by atomic mass is 9.80. The van der Waals surface area contributed by atoms with Crippen LogP contribution in [0, 0.1) is 0 Å². The van der Waals surface area contributed by atoms with Gasteiger partial charge >= 0.3 is 11.9 Å². The number of carboxylic acids is 2. The first-order chi connectivity index (χ1) is 20.9. The van der Waals surface area contributed by atoms with E-state index in [9.17, 15) is 30.0 Å². The molecule has 4 aromatic carbocycles. The first-order valence-electron chi connectivity index (χ1n) is 14.5. The van der Waals surface area contributed by atoms with Crippen LogP contribution in [0.4, 0.5) is 0 Å². The van der Waals surface area contributed by atoms with Crippen LogP contribution in [0.1, 0.15) is 70.8 Å². The summed E-state index contributed by atoms with van der Waals surface area (Å²) in [5.74, 6) is -1.22. The number of rotatable bonds is 6. The molecule has 0 radical (unpaired) electrons. The fourth-order valence-corrected chi connectivity index (χ4v) is 5.92. The van der Waals surface area contributed by atoms with Gasteiger partial charge in [0.2, 0.25) is 0 Å². The van der Waals surface area contributed by atoms with Crippen molar-refractivity contribution in [3.63, 3.8) is 0 Å². The molecule has 8 bridgehead atoms. The second kappa shape index (κ2) is 12.3. The van der Waals surface area contributed by atoms with Crippen LogP contribution in [0.3, 0.4) is 0 Å². The van der Waals surface area contributed by atoms with E-state index >= 15 is 0 Å². The highest BCUT2D eigenvalue weighted by Gasteiger charge is 2.26. The van der Waals surface area contributed by atoms with E-state index in [4.69, 9.17) is 9.47 Å². The molecule has 0 spiro atoms. The zero-order chi connectivity index (χ0) is 31.6. The Balaban J connectivity index is 1.77. The molecule has 0 aliphatic heterocycles. The molecule has 0 heterocycles. The van der Waals surface area contributed by atoms with Crippen molar-refractivity contribution in [2.45, 2.75) is 51.9 Å². The third kappa shape index (κ3) is 6.49. The fraction of sp³-hybridized carbons (Fsp3) is 0.278. The number of fused-ring (bicyclic) bond motifs is 8. The summed E-state index contributed by atoms with van der Waals surface area (Å²) in [4.78, 5) is 23.1. The molecule has 8 heteroatoms. The molecule has 0 saturated carbocycles. The SMILES string of the molecule is CC(C)(C)c1ccc2c(O)c1Cc1cccc(c1OCC(=O)O)Cc1cccc(c1O)Cc1cccc(c1OCC(=O)O)C2. The number of benzene rings is 4. The number of para-hydroxylation sites is 3. The second-order valence-electron chi connectivity index (χ2n) is 12.2. The van der Waals surface area contributed by atoms with Crippen LogP contribution in [0.25, 0.3) is 0 Å². The molecule has 44 heavy (non-hydrogen) atoms. The van der Waals surface area contributed by atoms with Gasteiger partial charge < -0.3 is 29.9 Å². The van der Waals surface area contributed by atoms with Crippen molar-refractivity contribution in [1.82, 2.24) is 0 Å². The molecule has 1 aliphatic carbocycles. The molecule has 0 saturated heterocycles. The number of aliphatic carboxylic acids is 2. The molecule has 0 fully saturated rings. The molecule has 0 atom stereocenters. The molecule has 4 N–H and O–H groups in total. The van der Waals surface area contributed by atoms with Gasteiger partial charge in [-0.25, -0.2) is 9.59 Å². The van der Waals surface area contributed by atoms with Crippen molar-refractivity contribution >= 4 is 11.9 Å². The molecule has 0 unspecified atom stereocenters. The van der Waals surface area contributed by atoms with Crippen LogP contribution in [-0.2, 0) is 40.7 Å². The van der Waals surface area contributed by atoms with Crippen molar-refractivity contribution in [2.75, 3.05) is 13.2 Å². The van der Waals surface area contributed by atoms with Crippen LogP contribution < -0.4 is 9.47 Å². The highest BCUT2D eigenvalue weighted by Crippen LogP contribution is 2.41. The van der Waals surface area contributed by atoms with E-state index in [1.54, 1.807) is 12.1 Å². The number of carbonyl (C=O) groups is 2. The van der Waals surface area contributed by atoms with E-state index in [2.05, 4.69) is 20.8 Å². The molecule has 0 amide bonds. The van der Waals surface area contributed by atoms with Gasteiger partial charge in [-0.3, -0.25) is 0 Å². The molecule has 8 nitrogen and oxygen atoms in total. The lowest BCUT2D eigenvalue weighted by Gasteiger charge is -2.26. The number of carboxylic acid groups (broad SMARTS) is 2. The monoisotopic (exact) mass is 596 g/mol. The lowest BCUT2D eigenvalue weighted by molar-refractivity contribution is -0.140. The van der Waals surface area contributed by atoms with Gasteiger partial charge in [-0.1, -0.05) is 87.5 Å². The molecule has 228 valence electrons. The van der Waals surface area contributed by atoms with Crippen LogP contribution in [0.15, 0.2) is 66.7 Å². The normalized spacial score (nSPS) is 12.8. The Labute approximate surface area is 256 Å². The summed E-state index contributed by atoms with van der Waals surface area (Å²) in [6, 6.07) is 20.5. The van der Waals surface area contributed by atoms with Crippen LogP contribution in [-0.4, -0.2) is 45.6 Å². The maximum Gasteiger partial charge on any atom is 0.341 e. The largest absolute Gasteiger partial charge is 0.507 e. The first-order valence-corrected chi connectivity index (χ1v) is 14.5. The van der Waals surface area contributed by atoms with Crippen LogP contribution in [0.2, 0.25) is 0 Å². The third-order valence-electron chi connectivity index (χ3n) is 7.92. The predicted molar refractivity (Wildman–Crippen MR) is 165 cm³/mol. The summed E-state index contributed by atoms with van der Waals surface area (Å²) in [5, 5.41) is 42.1. The zero-order valence-corrected chi connectivity index (χ0v) is 25.0. The maximum absolute atomic E-state index is 11.8. The minimum absolute atomic E-state index is 0.0849. The summed E-state index contributed by atoms with van der Waals surface area (Å²) in [6.45, 7) is 5.11. The number of phenolic OH excluding ortho intramolecular Hbond substituents is 2. The van der Waals surface area contributed by atoms with Gasteiger partial charge in [0.1, 0.15) is 23.0 Å². The van der Waals surface area contributed by atoms with E-state index in [0.717, 1.165) is 5.56 Å². The topological polar surface area (TPSA) is 134 Å². The minimum Gasteiger partial charge on any atom is -0.507 e. The summed E-state index contributed by atoms with van der Waals surface area (Å²) < 4.78 is 11.7. The average molecular weight is 597 g/mol. The van der Waals surface area contributed by atoms with E-state index < -0.39 is 25.2 Å². The summed E-state index contributed by atoms with van der Waals surface area (Å²) in [6.07, 6.45) is 1.07. The first kappa shape index (κ1) is 30.5. The highest BCUT2D eigenvalue weighted by atomic mass is 16.5. The zero-order valence-electron chi connectivity index (χ0n) is 25.0. The summed E-state index contributed by atoms with van der Waals surface area (Å²) in [5.41, 5.74) is 5.96. The Morgan fingerprint density at radius 1 is 0.591 bits per heavy atom. The average Bonchev–Trinajstić information content (AvgIpc) is 2.95. The Morgan fingerprint density at radius 2 is 0.977 bits per heavy atom. The van der Waals surface area contributed by atoms with Gasteiger partial charge in [-0.05, 0) is 49.9 Å². The number of hydrogen-bond donors (Lipinski definition) is 4.